The lowest BCUT2D eigenvalue weighted by Gasteiger charge is -2.36. The van der Waals surface area contributed by atoms with Crippen LogP contribution in [-0.2, 0) is 16.4 Å². The number of carbonyl (C=O) groups is 1. The number of piperidine rings is 1. The number of benzene rings is 1. The van der Waals surface area contributed by atoms with Gasteiger partial charge in [-0.1, -0.05) is 26.0 Å². The van der Waals surface area contributed by atoms with Crippen molar-refractivity contribution in [2.45, 2.75) is 62.3 Å². The highest BCUT2D eigenvalue weighted by Gasteiger charge is 2.32. The molecule has 1 fully saturated rings. The van der Waals surface area contributed by atoms with Crippen molar-refractivity contribution in [1.82, 2.24) is 24.6 Å². The number of nitrogens with zero attached hydrogens (tertiary/aromatic N) is 4. The smallest absolute Gasteiger partial charge is 0.254 e. The van der Waals surface area contributed by atoms with Gasteiger partial charge in [-0.2, -0.15) is 0 Å². The number of aromatic nitrogens is 3. The molecule has 0 saturated carbocycles. The summed E-state index contributed by atoms with van der Waals surface area (Å²) in [6, 6.07) is 7.39. The van der Waals surface area contributed by atoms with Gasteiger partial charge in [0, 0.05) is 37.4 Å². The standard InChI is InChI=1S/C24H31N5O3S/c1-3-20(4-2)28-12-9-22(10-13-28)33(31,32)21-7-5-18(6-8-21)15-26-23(30)19-16-27-24-25-11-14-29(24)17-19/h5-8,11,14,16-17,20,22H,3-4,9-10,12-13,15H2,1-2H3,(H,26,30). The second kappa shape index (κ2) is 10.0. The highest BCUT2D eigenvalue weighted by atomic mass is 32.2. The maximum atomic E-state index is 13.1. The van der Waals surface area contributed by atoms with E-state index in [0.29, 0.717) is 41.7 Å². The first-order valence-electron chi connectivity index (χ1n) is 11.6. The molecule has 8 nitrogen and oxygen atoms in total. The van der Waals surface area contributed by atoms with E-state index in [1.165, 1.54) is 6.20 Å². The van der Waals surface area contributed by atoms with Crippen molar-refractivity contribution in [1.29, 1.82) is 0 Å². The molecule has 0 spiro atoms. The van der Waals surface area contributed by atoms with Crippen molar-refractivity contribution in [3.8, 4) is 0 Å². The number of carbonyl (C=O) groups excluding carboxylic acids is 1. The Balaban J connectivity index is 1.35. The average Bonchev–Trinajstić information content (AvgIpc) is 3.32. The molecule has 1 aliphatic heterocycles. The van der Waals surface area contributed by atoms with E-state index in [2.05, 4.69) is 34.0 Å². The summed E-state index contributed by atoms with van der Waals surface area (Å²) in [6.45, 7) is 6.35. The Morgan fingerprint density at radius 3 is 2.48 bits per heavy atom. The van der Waals surface area contributed by atoms with E-state index >= 15 is 0 Å². The molecule has 0 radical (unpaired) electrons. The Hall–Kier alpha value is -2.78. The van der Waals surface area contributed by atoms with Crippen LogP contribution in [0.25, 0.3) is 5.78 Å². The Kier molecular flexibility index (Phi) is 7.09. The number of imidazole rings is 1. The lowest BCUT2D eigenvalue weighted by atomic mass is 10.0. The van der Waals surface area contributed by atoms with Gasteiger partial charge in [-0.3, -0.25) is 9.20 Å². The predicted molar refractivity (Wildman–Crippen MR) is 127 cm³/mol. The Bertz CT molecular complexity index is 1190. The third-order valence-electron chi connectivity index (χ3n) is 6.59. The summed E-state index contributed by atoms with van der Waals surface area (Å²) in [6.07, 6.45) is 10.1. The van der Waals surface area contributed by atoms with Crippen LogP contribution in [0.5, 0.6) is 0 Å². The third kappa shape index (κ3) is 5.09. The summed E-state index contributed by atoms with van der Waals surface area (Å²) in [5.74, 6) is 0.281. The minimum atomic E-state index is -3.36. The molecule has 0 atom stereocenters. The number of likely N-dealkylation sites (tertiary alicyclic amines) is 1. The number of sulfone groups is 1. The number of amides is 1. The van der Waals surface area contributed by atoms with E-state index in [4.69, 9.17) is 0 Å². The van der Waals surface area contributed by atoms with Gasteiger partial charge in [-0.05, 0) is 56.5 Å². The number of hydrogen-bond acceptors (Lipinski definition) is 6. The average molecular weight is 470 g/mol. The van der Waals surface area contributed by atoms with E-state index in [0.717, 1.165) is 31.5 Å². The Morgan fingerprint density at radius 2 is 1.82 bits per heavy atom. The number of fused-ring (bicyclic) bond motifs is 1. The Morgan fingerprint density at radius 1 is 1.12 bits per heavy atom. The van der Waals surface area contributed by atoms with Gasteiger partial charge in [0.05, 0.1) is 15.7 Å². The van der Waals surface area contributed by atoms with E-state index in [1.54, 1.807) is 47.3 Å². The van der Waals surface area contributed by atoms with Gasteiger partial charge < -0.3 is 10.2 Å². The molecule has 3 aromatic rings. The second-order valence-corrected chi connectivity index (χ2v) is 10.8. The molecular weight excluding hydrogens is 438 g/mol. The highest BCUT2D eigenvalue weighted by molar-refractivity contribution is 7.92. The second-order valence-electron chi connectivity index (χ2n) is 8.55. The summed E-state index contributed by atoms with van der Waals surface area (Å²) in [5.41, 5.74) is 1.27. The van der Waals surface area contributed by atoms with Crippen LogP contribution < -0.4 is 5.32 Å². The molecule has 1 aliphatic rings. The monoisotopic (exact) mass is 469 g/mol. The minimum absolute atomic E-state index is 0.251. The molecule has 0 bridgehead atoms. The maximum Gasteiger partial charge on any atom is 0.254 e. The van der Waals surface area contributed by atoms with Gasteiger partial charge >= 0.3 is 0 Å². The molecule has 1 aromatic carbocycles. The molecule has 3 heterocycles. The van der Waals surface area contributed by atoms with Crippen molar-refractivity contribution in [2.75, 3.05) is 13.1 Å². The van der Waals surface area contributed by atoms with Gasteiger partial charge in [0.1, 0.15) is 0 Å². The van der Waals surface area contributed by atoms with Crippen molar-refractivity contribution in [3.05, 3.63) is 60.2 Å². The minimum Gasteiger partial charge on any atom is -0.348 e. The van der Waals surface area contributed by atoms with E-state index in [9.17, 15) is 13.2 Å². The normalized spacial score (nSPS) is 15.8. The molecule has 0 unspecified atom stereocenters. The van der Waals surface area contributed by atoms with Crippen molar-refractivity contribution < 1.29 is 13.2 Å². The molecule has 176 valence electrons. The first kappa shape index (κ1) is 23.4. The SMILES string of the molecule is CCC(CC)N1CCC(S(=O)(=O)c2ccc(CNC(=O)c3cnc4nccn4c3)cc2)CC1. The zero-order valence-corrected chi connectivity index (χ0v) is 20.0. The van der Waals surface area contributed by atoms with Gasteiger partial charge in [-0.25, -0.2) is 18.4 Å². The lowest BCUT2D eigenvalue weighted by molar-refractivity contribution is 0.0950. The lowest BCUT2D eigenvalue weighted by Crippen LogP contribution is -2.44. The molecule has 4 rings (SSSR count). The molecule has 9 heteroatoms. The fourth-order valence-electron chi connectivity index (χ4n) is 4.56. The molecule has 33 heavy (non-hydrogen) atoms. The molecule has 1 saturated heterocycles. The van der Waals surface area contributed by atoms with Crippen LogP contribution in [0, 0.1) is 0 Å². The first-order chi connectivity index (χ1) is 15.9. The van der Waals surface area contributed by atoms with Crippen LogP contribution in [0.15, 0.2) is 53.9 Å². The molecular formula is C24H31N5O3S. The van der Waals surface area contributed by atoms with Crippen LogP contribution in [0.1, 0.15) is 55.5 Å². The topological polar surface area (TPSA) is 96.7 Å². The quantitative estimate of drug-likeness (QED) is 0.545. The van der Waals surface area contributed by atoms with E-state index in [-0.39, 0.29) is 11.2 Å². The molecule has 1 N–H and O–H groups in total. The van der Waals surface area contributed by atoms with Crippen LogP contribution >= 0.6 is 0 Å². The molecule has 1 amide bonds. The number of hydrogen-bond donors (Lipinski definition) is 1. The predicted octanol–water partition coefficient (Wildman–Crippen LogP) is 3.09. The Labute approximate surface area is 195 Å². The largest absolute Gasteiger partial charge is 0.348 e. The highest BCUT2D eigenvalue weighted by Crippen LogP contribution is 2.26. The van der Waals surface area contributed by atoms with Gasteiger partial charge in [0.2, 0.25) is 5.78 Å². The van der Waals surface area contributed by atoms with Crippen LogP contribution in [0.4, 0.5) is 0 Å². The first-order valence-corrected chi connectivity index (χ1v) is 13.1. The number of rotatable bonds is 8. The van der Waals surface area contributed by atoms with Gasteiger partial charge in [0.25, 0.3) is 5.91 Å². The summed E-state index contributed by atoms with van der Waals surface area (Å²) >= 11 is 0. The summed E-state index contributed by atoms with van der Waals surface area (Å²) in [7, 11) is -3.36. The molecule has 0 aliphatic carbocycles. The zero-order chi connectivity index (χ0) is 23.4. The van der Waals surface area contributed by atoms with Crippen molar-refractivity contribution >= 4 is 21.5 Å². The molecule has 2 aromatic heterocycles. The third-order valence-corrected chi connectivity index (χ3v) is 8.87. The van der Waals surface area contributed by atoms with Gasteiger partial charge in [-0.15, -0.1) is 0 Å². The van der Waals surface area contributed by atoms with Crippen LogP contribution in [-0.4, -0.2) is 58.0 Å². The summed E-state index contributed by atoms with van der Waals surface area (Å²) in [5, 5.41) is 2.52. The van der Waals surface area contributed by atoms with Crippen LogP contribution in [0.2, 0.25) is 0 Å². The van der Waals surface area contributed by atoms with Crippen LogP contribution in [0.3, 0.4) is 0 Å². The summed E-state index contributed by atoms with van der Waals surface area (Å²) in [4.78, 5) is 23.4. The van der Waals surface area contributed by atoms with Crippen molar-refractivity contribution in [3.63, 3.8) is 0 Å². The zero-order valence-electron chi connectivity index (χ0n) is 19.1. The van der Waals surface area contributed by atoms with E-state index in [1.807, 2.05) is 0 Å². The fourth-order valence-corrected chi connectivity index (χ4v) is 6.30. The van der Waals surface area contributed by atoms with Gasteiger partial charge in [0.15, 0.2) is 9.84 Å². The van der Waals surface area contributed by atoms with Crippen molar-refractivity contribution in [2.24, 2.45) is 0 Å². The summed E-state index contributed by atoms with van der Waals surface area (Å²) < 4.78 is 28.0. The van der Waals surface area contributed by atoms with E-state index < -0.39 is 9.84 Å². The maximum absolute atomic E-state index is 13.1. The number of nitrogens with one attached hydrogen (secondary N) is 1. The fraction of sp³-hybridized carbons (Fsp3) is 0.458.